The Morgan fingerprint density at radius 3 is 2.54 bits per heavy atom. The number of alkyl halides is 3. The number of rotatable bonds is 4. The Morgan fingerprint density at radius 1 is 1.08 bits per heavy atom. The maximum atomic E-state index is 14.0. The van der Waals surface area contributed by atoms with Crippen LogP contribution < -0.4 is 10.2 Å². The lowest BCUT2D eigenvalue weighted by Crippen LogP contribution is -2.16. The van der Waals surface area contributed by atoms with E-state index in [2.05, 4.69) is 20.3 Å². The lowest BCUT2D eigenvalue weighted by atomic mass is 10.1. The smallest absolute Gasteiger partial charge is 0.365 e. The van der Waals surface area contributed by atoms with Gasteiger partial charge >= 0.3 is 6.18 Å². The van der Waals surface area contributed by atoms with Crippen LogP contribution in [0.15, 0.2) is 36.5 Å². The molecule has 5 nitrogen and oxygen atoms in total. The monoisotopic (exact) mass is 365 g/mol. The van der Waals surface area contributed by atoms with Crippen molar-refractivity contribution in [2.75, 3.05) is 24.3 Å². The summed E-state index contributed by atoms with van der Waals surface area (Å²) in [6.07, 6.45) is -3.10. The molecule has 0 unspecified atom stereocenters. The van der Waals surface area contributed by atoms with Crippen molar-refractivity contribution >= 4 is 22.8 Å². The van der Waals surface area contributed by atoms with Crippen LogP contribution in [-0.2, 0) is 12.7 Å². The van der Waals surface area contributed by atoms with Crippen LogP contribution in [0.3, 0.4) is 0 Å². The Labute approximate surface area is 146 Å². The van der Waals surface area contributed by atoms with Gasteiger partial charge in [0.15, 0.2) is 5.65 Å². The normalized spacial score (nSPS) is 11.6. The van der Waals surface area contributed by atoms with Gasteiger partial charge in [0.25, 0.3) is 0 Å². The van der Waals surface area contributed by atoms with Crippen molar-refractivity contribution in [2.45, 2.75) is 12.7 Å². The van der Waals surface area contributed by atoms with E-state index in [1.54, 1.807) is 37.3 Å². The first kappa shape index (κ1) is 17.8. The summed E-state index contributed by atoms with van der Waals surface area (Å²) < 4.78 is 53.4. The van der Waals surface area contributed by atoms with E-state index in [1.165, 1.54) is 0 Å². The van der Waals surface area contributed by atoms with Gasteiger partial charge in [-0.15, -0.1) is 0 Å². The lowest BCUT2D eigenvalue weighted by Gasteiger charge is -2.16. The molecule has 3 rings (SSSR count). The van der Waals surface area contributed by atoms with E-state index in [0.29, 0.717) is 17.0 Å². The molecular weight excluding hydrogens is 350 g/mol. The van der Waals surface area contributed by atoms with Gasteiger partial charge < -0.3 is 10.2 Å². The molecule has 3 aromatic rings. The van der Waals surface area contributed by atoms with Crippen LogP contribution in [-0.4, -0.2) is 29.0 Å². The third-order valence-corrected chi connectivity index (χ3v) is 3.72. The summed E-state index contributed by atoms with van der Waals surface area (Å²) in [5.41, 5.74) is -1.10. The van der Waals surface area contributed by atoms with Gasteiger partial charge in [0.05, 0.1) is 10.9 Å². The molecule has 1 aromatic carbocycles. The second-order valence-electron chi connectivity index (χ2n) is 5.76. The minimum atomic E-state index is -4.65. The molecular formula is C17H15F4N5. The van der Waals surface area contributed by atoms with Gasteiger partial charge in [-0.1, -0.05) is 6.07 Å². The van der Waals surface area contributed by atoms with Crippen molar-refractivity contribution in [3.63, 3.8) is 0 Å². The number of fused-ring (bicyclic) bond motifs is 1. The minimum absolute atomic E-state index is 0.281. The first-order valence-electron chi connectivity index (χ1n) is 7.66. The van der Waals surface area contributed by atoms with Crippen molar-refractivity contribution in [3.05, 3.63) is 53.5 Å². The summed E-state index contributed by atoms with van der Waals surface area (Å²) >= 11 is 0. The van der Waals surface area contributed by atoms with Crippen molar-refractivity contribution < 1.29 is 17.6 Å². The van der Waals surface area contributed by atoms with E-state index in [4.69, 9.17) is 0 Å². The zero-order valence-corrected chi connectivity index (χ0v) is 14.0. The topological polar surface area (TPSA) is 53.9 Å². The molecule has 2 aromatic heterocycles. The zero-order valence-electron chi connectivity index (χ0n) is 14.0. The van der Waals surface area contributed by atoms with Crippen molar-refractivity contribution in [2.24, 2.45) is 0 Å². The van der Waals surface area contributed by atoms with Gasteiger partial charge in [-0.05, 0) is 24.3 Å². The molecule has 0 radical (unpaired) electrons. The summed E-state index contributed by atoms with van der Waals surface area (Å²) in [7, 11) is 3.46. The quantitative estimate of drug-likeness (QED) is 0.712. The Hall–Kier alpha value is -2.97. The maximum Gasteiger partial charge on any atom is 0.416 e. The third-order valence-electron chi connectivity index (χ3n) is 3.72. The van der Waals surface area contributed by atoms with Gasteiger partial charge in [-0.25, -0.2) is 9.37 Å². The van der Waals surface area contributed by atoms with Gasteiger partial charge in [0.2, 0.25) is 5.95 Å². The molecule has 0 saturated carbocycles. The summed E-state index contributed by atoms with van der Waals surface area (Å²) in [6.45, 7) is -0.380. The molecule has 0 spiro atoms. The van der Waals surface area contributed by atoms with Crippen LogP contribution in [0.4, 0.5) is 29.3 Å². The lowest BCUT2D eigenvalue weighted by molar-refractivity contribution is -0.138. The second kappa shape index (κ2) is 6.74. The fourth-order valence-electron chi connectivity index (χ4n) is 2.46. The molecule has 2 heterocycles. The second-order valence-corrected chi connectivity index (χ2v) is 5.76. The van der Waals surface area contributed by atoms with Gasteiger partial charge in [-0.2, -0.15) is 23.1 Å². The number of nitrogens with one attached hydrogen (secondary N) is 1. The van der Waals surface area contributed by atoms with Crippen molar-refractivity contribution in [3.8, 4) is 0 Å². The van der Waals surface area contributed by atoms with Gasteiger partial charge in [-0.3, -0.25) is 0 Å². The number of anilines is 2. The highest BCUT2D eigenvalue weighted by Crippen LogP contribution is 2.33. The first-order chi connectivity index (χ1) is 12.3. The van der Waals surface area contributed by atoms with Crippen molar-refractivity contribution in [1.29, 1.82) is 0 Å². The highest BCUT2D eigenvalue weighted by molar-refractivity contribution is 5.87. The van der Waals surface area contributed by atoms with E-state index in [0.717, 1.165) is 18.2 Å². The molecule has 136 valence electrons. The number of hydrogen-bond donors (Lipinski definition) is 1. The minimum Gasteiger partial charge on any atom is -0.365 e. The molecule has 0 aliphatic heterocycles. The van der Waals surface area contributed by atoms with Crippen LogP contribution in [0.25, 0.3) is 11.0 Å². The molecule has 0 aliphatic carbocycles. The fraction of sp³-hybridized carbons (Fsp3) is 0.235. The molecule has 0 saturated heterocycles. The highest BCUT2D eigenvalue weighted by Gasteiger charge is 2.34. The molecule has 0 bridgehead atoms. The predicted octanol–water partition coefficient (Wildman–Crippen LogP) is 3.86. The molecule has 26 heavy (non-hydrogen) atoms. The van der Waals surface area contributed by atoms with Crippen LogP contribution in [0.5, 0.6) is 0 Å². The number of pyridine rings is 1. The number of halogens is 4. The number of benzene rings is 1. The Balaban J connectivity index is 2.01. The predicted molar refractivity (Wildman–Crippen MR) is 90.4 cm³/mol. The maximum absolute atomic E-state index is 14.0. The van der Waals surface area contributed by atoms with Gasteiger partial charge in [0.1, 0.15) is 11.6 Å². The first-order valence-corrected chi connectivity index (χ1v) is 7.66. The molecule has 0 amide bonds. The highest BCUT2D eigenvalue weighted by atomic mass is 19.4. The summed E-state index contributed by atoms with van der Waals surface area (Å²) in [5.74, 6) is -0.317. The number of nitrogens with zero attached hydrogens (tertiary/aromatic N) is 4. The fourth-order valence-corrected chi connectivity index (χ4v) is 2.46. The van der Waals surface area contributed by atoms with Crippen molar-refractivity contribution in [1.82, 2.24) is 15.0 Å². The Morgan fingerprint density at radius 2 is 1.85 bits per heavy atom. The largest absolute Gasteiger partial charge is 0.416 e. The van der Waals surface area contributed by atoms with E-state index < -0.39 is 23.1 Å². The molecule has 1 N–H and O–H groups in total. The van der Waals surface area contributed by atoms with E-state index in [9.17, 15) is 17.6 Å². The number of aromatic nitrogens is 3. The Bertz CT molecular complexity index is 940. The standard InChI is InChI=1S/C17H15F4N5/c1-26(2)16-24-14-10(5-4-8-22-14)15(25-16)23-9-11-12(17(19,20)21)6-3-7-13(11)18/h3-8H,9H2,1-2H3,(H,22,23,24,25). The average molecular weight is 365 g/mol. The zero-order chi connectivity index (χ0) is 18.9. The summed E-state index contributed by atoms with van der Waals surface area (Å²) in [4.78, 5) is 14.4. The van der Waals surface area contributed by atoms with E-state index in [-0.39, 0.29) is 12.4 Å². The summed E-state index contributed by atoms with van der Waals surface area (Å²) in [6, 6.07) is 6.24. The van der Waals surface area contributed by atoms with Crippen LogP contribution in [0.1, 0.15) is 11.1 Å². The van der Waals surface area contributed by atoms with E-state index in [1.807, 2.05) is 0 Å². The Kier molecular flexibility index (Phi) is 4.62. The van der Waals surface area contributed by atoms with Gasteiger partial charge in [0, 0.05) is 32.4 Å². The third kappa shape index (κ3) is 3.51. The number of hydrogen-bond acceptors (Lipinski definition) is 5. The van der Waals surface area contributed by atoms with E-state index >= 15 is 0 Å². The summed E-state index contributed by atoms with van der Waals surface area (Å²) in [5, 5.41) is 3.33. The SMILES string of the molecule is CN(C)c1nc(NCc2c(F)cccc2C(F)(F)F)c2cccnc2n1. The molecule has 0 atom stereocenters. The van der Waals surface area contributed by atoms with Crippen LogP contribution in [0.2, 0.25) is 0 Å². The molecule has 0 fully saturated rings. The molecule has 9 heteroatoms. The molecule has 0 aliphatic rings. The van der Waals surface area contributed by atoms with Crippen LogP contribution >= 0.6 is 0 Å². The van der Waals surface area contributed by atoms with Crippen LogP contribution in [0, 0.1) is 5.82 Å². The average Bonchev–Trinajstić information content (AvgIpc) is 2.59.